The number of hydrogen-bond donors (Lipinski definition) is 2. The molecule has 170 valence electrons. The molecule has 0 aliphatic heterocycles. The van der Waals surface area contributed by atoms with E-state index in [0.717, 1.165) is 5.56 Å². The predicted octanol–water partition coefficient (Wildman–Crippen LogP) is 2.83. The number of carbonyl (C=O) groups excluding carboxylic acids is 1. The number of carbonyl (C=O) groups is 1. The first kappa shape index (κ1) is 24.8. The van der Waals surface area contributed by atoms with E-state index in [1.54, 1.807) is 19.1 Å². The number of sulfonamides is 1. The van der Waals surface area contributed by atoms with Gasteiger partial charge >= 0.3 is 0 Å². The monoisotopic (exact) mass is 448 g/mol. The summed E-state index contributed by atoms with van der Waals surface area (Å²) in [6.07, 6.45) is 0.899. The van der Waals surface area contributed by atoms with Gasteiger partial charge in [-0.1, -0.05) is 30.3 Å². The SMILES string of the molecule is CCOCCCNC(=O)[C@H](Cc1ccccc1)NS(=O)(=O)c1ccc(OCC)c(C)c1. The summed E-state index contributed by atoms with van der Waals surface area (Å²) in [6, 6.07) is 13.0. The van der Waals surface area contributed by atoms with E-state index < -0.39 is 16.1 Å². The summed E-state index contributed by atoms with van der Waals surface area (Å²) in [5, 5.41) is 2.81. The van der Waals surface area contributed by atoms with Crippen LogP contribution in [0, 0.1) is 6.92 Å². The largest absolute Gasteiger partial charge is 0.494 e. The maximum absolute atomic E-state index is 13.0. The van der Waals surface area contributed by atoms with E-state index in [4.69, 9.17) is 9.47 Å². The van der Waals surface area contributed by atoms with E-state index >= 15 is 0 Å². The van der Waals surface area contributed by atoms with Crippen molar-refractivity contribution in [3.63, 3.8) is 0 Å². The average molecular weight is 449 g/mol. The normalized spacial score (nSPS) is 12.4. The van der Waals surface area contributed by atoms with Crippen LogP contribution in [0.2, 0.25) is 0 Å². The lowest BCUT2D eigenvalue weighted by Crippen LogP contribution is -2.48. The van der Waals surface area contributed by atoms with E-state index in [9.17, 15) is 13.2 Å². The molecule has 2 rings (SSSR count). The fraction of sp³-hybridized carbons (Fsp3) is 0.435. The number of aryl methyl sites for hydroxylation is 1. The highest BCUT2D eigenvalue weighted by atomic mass is 32.2. The van der Waals surface area contributed by atoms with Gasteiger partial charge in [0, 0.05) is 19.8 Å². The fourth-order valence-corrected chi connectivity index (χ4v) is 4.33. The second-order valence-electron chi connectivity index (χ2n) is 7.07. The van der Waals surface area contributed by atoms with E-state index in [1.807, 2.05) is 44.2 Å². The third-order valence-electron chi connectivity index (χ3n) is 4.62. The van der Waals surface area contributed by atoms with Crippen molar-refractivity contribution in [1.82, 2.24) is 10.0 Å². The second kappa shape index (κ2) is 12.4. The van der Waals surface area contributed by atoms with E-state index in [-0.39, 0.29) is 17.2 Å². The molecule has 0 unspecified atom stereocenters. The Morgan fingerprint density at radius 2 is 1.81 bits per heavy atom. The van der Waals surface area contributed by atoms with Crippen LogP contribution in [0.1, 0.15) is 31.4 Å². The van der Waals surface area contributed by atoms with Crippen molar-refractivity contribution in [2.45, 2.75) is 44.6 Å². The van der Waals surface area contributed by atoms with Crippen LogP contribution >= 0.6 is 0 Å². The standard InChI is InChI=1S/C23H32N2O5S/c1-4-29-15-9-14-24-23(26)21(17-19-10-7-6-8-11-19)25-31(27,28)20-12-13-22(30-5-2)18(3)16-20/h6-8,10-13,16,21,25H,4-5,9,14-15,17H2,1-3H3,(H,24,26)/t21-/m0/s1. The number of rotatable bonds is 13. The molecule has 0 aliphatic carbocycles. The highest BCUT2D eigenvalue weighted by molar-refractivity contribution is 7.89. The first-order chi connectivity index (χ1) is 14.9. The molecule has 2 aromatic carbocycles. The summed E-state index contributed by atoms with van der Waals surface area (Å²) in [4.78, 5) is 12.9. The lowest BCUT2D eigenvalue weighted by Gasteiger charge is -2.19. The first-order valence-electron chi connectivity index (χ1n) is 10.5. The third-order valence-corrected chi connectivity index (χ3v) is 6.09. The third kappa shape index (κ3) is 7.97. The van der Waals surface area contributed by atoms with Crippen LogP contribution in [0.3, 0.4) is 0 Å². The Morgan fingerprint density at radius 3 is 2.45 bits per heavy atom. The van der Waals surface area contributed by atoms with Gasteiger partial charge < -0.3 is 14.8 Å². The fourth-order valence-electron chi connectivity index (χ4n) is 3.05. The van der Waals surface area contributed by atoms with Crippen LogP contribution in [0.5, 0.6) is 5.75 Å². The summed E-state index contributed by atoms with van der Waals surface area (Å²) in [5.41, 5.74) is 1.58. The van der Waals surface area contributed by atoms with Gasteiger partial charge in [0.15, 0.2) is 0 Å². The van der Waals surface area contributed by atoms with E-state index in [2.05, 4.69) is 10.0 Å². The molecule has 2 aromatic rings. The first-order valence-corrected chi connectivity index (χ1v) is 12.0. The molecule has 1 amide bonds. The van der Waals surface area contributed by atoms with Gasteiger partial charge in [0.25, 0.3) is 0 Å². The lowest BCUT2D eigenvalue weighted by atomic mass is 10.1. The summed E-state index contributed by atoms with van der Waals surface area (Å²) < 4.78 is 39.4. The molecule has 0 bridgehead atoms. The molecular weight excluding hydrogens is 416 g/mol. The van der Waals surface area contributed by atoms with Crippen LogP contribution in [-0.2, 0) is 26.0 Å². The minimum atomic E-state index is -3.91. The molecule has 0 saturated heterocycles. The van der Waals surface area contributed by atoms with Crippen molar-refractivity contribution in [1.29, 1.82) is 0 Å². The van der Waals surface area contributed by atoms with Crippen LogP contribution < -0.4 is 14.8 Å². The zero-order valence-corrected chi connectivity index (χ0v) is 19.2. The van der Waals surface area contributed by atoms with Gasteiger partial charge in [-0.3, -0.25) is 4.79 Å². The van der Waals surface area contributed by atoms with E-state index in [1.165, 1.54) is 6.07 Å². The zero-order chi connectivity index (χ0) is 22.7. The van der Waals surface area contributed by atoms with Crippen molar-refractivity contribution in [3.05, 3.63) is 59.7 Å². The Morgan fingerprint density at radius 1 is 1.06 bits per heavy atom. The topological polar surface area (TPSA) is 93.7 Å². The summed E-state index contributed by atoms with van der Waals surface area (Å²) in [5.74, 6) is 0.265. The van der Waals surface area contributed by atoms with Crippen LogP contribution in [-0.4, -0.2) is 46.7 Å². The Hall–Kier alpha value is -2.42. The highest BCUT2D eigenvalue weighted by Gasteiger charge is 2.26. The number of ether oxygens (including phenoxy) is 2. The average Bonchev–Trinajstić information content (AvgIpc) is 2.75. The summed E-state index contributed by atoms with van der Waals surface area (Å²) in [6.45, 7) is 7.63. The van der Waals surface area contributed by atoms with Gasteiger partial charge in [-0.15, -0.1) is 0 Å². The van der Waals surface area contributed by atoms with Gasteiger partial charge in [-0.25, -0.2) is 8.42 Å². The van der Waals surface area contributed by atoms with Gasteiger partial charge in [0.2, 0.25) is 15.9 Å². The molecule has 0 fully saturated rings. The number of amides is 1. The summed E-state index contributed by atoms with van der Waals surface area (Å²) >= 11 is 0. The zero-order valence-electron chi connectivity index (χ0n) is 18.4. The van der Waals surface area contributed by atoms with Crippen molar-refractivity contribution in [2.24, 2.45) is 0 Å². The lowest BCUT2D eigenvalue weighted by molar-refractivity contribution is -0.122. The van der Waals surface area contributed by atoms with Crippen molar-refractivity contribution in [2.75, 3.05) is 26.4 Å². The molecule has 31 heavy (non-hydrogen) atoms. The van der Waals surface area contributed by atoms with Crippen LogP contribution in [0.4, 0.5) is 0 Å². The molecule has 0 radical (unpaired) electrons. The maximum Gasteiger partial charge on any atom is 0.241 e. The molecule has 0 aliphatic rings. The van der Waals surface area contributed by atoms with Gasteiger partial charge in [0.1, 0.15) is 11.8 Å². The van der Waals surface area contributed by atoms with Crippen molar-refractivity contribution >= 4 is 15.9 Å². The second-order valence-corrected chi connectivity index (χ2v) is 8.78. The number of nitrogens with one attached hydrogen (secondary N) is 2. The summed E-state index contributed by atoms with van der Waals surface area (Å²) in [7, 11) is -3.91. The highest BCUT2D eigenvalue weighted by Crippen LogP contribution is 2.22. The Bertz CT molecular complexity index is 932. The molecule has 1 atom stereocenters. The Labute approximate surface area is 185 Å². The number of hydrogen-bond acceptors (Lipinski definition) is 5. The molecular formula is C23H32N2O5S. The Kier molecular flexibility index (Phi) is 9.97. The quantitative estimate of drug-likeness (QED) is 0.460. The van der Waals surface area contributed by atoms with Crippen LogP contribution in [0.15, 0.2) is 53.4 Å². The van der Waals surface area contributed by atoms with Crippen LogP contribution in [0.25, 0.3) is 0 Å². The van der Waals surface area contributed by atoms with E-state index in [0.29, 0.717) is 44.1 Å². The molecule has 2 N–H and O–H groups in total. The van der Waals surface area contributed by atoms with Gasteiger partial charge in [-0.05, 0) is 62.9 Å². The smallest absolute Gasteiger partial charge is 0.241 e. The molecule has 0 aromatic heterocycles. The number of benzene rings is 2. The molecule has 0 spiro atoms. The molecule has 8 heteroatoms. The van der Waals surface area contributed by atoms with Crippen molar-refractivity contribution < 1.29 is 22.7 Å². The predicted molar refractivity (Wildman–Crippen MR) is 121 cm³/mol. The van der Waals surface area contributed by atoms with Gasteiger partial charge in [-0.2, -0.15) is 4.72 Å². The molecule has 0 saturated carbocycles. The van der Waals surface area contributed by atoms with Crippen molar-refractivity contribution in [3.8, 4) is 5.75 Å². The van der Waals surface area contributed by atoms with Gasteiger partial charge in [0.05, 0.1) is 11.5 Å². The minimum Gasteiger partial charge on any atom is -0.494 e. The molecule has 7 nitrogen and oxygen atoms in total. The maximum atomic E-state index is 13.0. The minimum absolute atomic E-state index is 0.0932. The Balaban J connectivity index is 2.16. The molecule has 0 heterocycles.